The third-order valence-electron chi connectivity index (χ3n) is 4.94. The van der Waals surface area contributed by atoms with Gasteiger partial charge in [0.15, 0.2) is 0 Å². The van der Waals surface area contributed by atoms with Crippen molar-refractivity contribution in [2.24, 2.45) is 0 Å². The molecule has 3 rings (SSSR count). The average molecular weight is 364 g/mol. The first-order valence-electron chi connectivity index (χ1n) is 9.53. The van der Waals surface area contributed by atoms with Gasteiger partial charge in [-0.2, -0.15) is 0 Å². The molecule has 4 heteroatoms. The Bertz CT molecular complexity index is 786. The largest absolute Gasteiger partial charge is 0.496 e. The number of benzene rings is 2. The van der Waals surface area contributed by atoms with Crippen molar-refractivity contribution in [3.05, 3.63) is 71.3 Å². The molecule has 0 atom stereocenters. The summed E-state index contributed by atoms with van der Waals surface area (Å²) in [6.45, 7) is 6.48. The Morgan fingerprint density at radius 2 is 1.89 bits per heavy atom. The first-order chi connectivity index (χ1) is 13.2. The fourth-order valence-corrected chi connectivity index (χ4v) is 3.44. The first kappa shape index (κ1) is 19.2. The number of rotatable bonds is 5. The van der Waals surface area contributed by atoms with E-state index in [1.54, 1.807) is 13.2 Å². The Morgan fingerprint density at radius 1 is 1.07 bits per heavy atom. The van der Waals surface area contributed by atoms with Crippen LogP contribution < -0.4 is 4.74 Å². The minimum Gasteiger partial charge on any atom is -0.496 e. The number of aryl methyl sites for hydroxylation is 1. The highest BCUT2D eigenvalue weighted by Gasteiger charge is 2.17. The van der Waals surface area contributed by atoms with Gasteiger partial charge in [-0.1, -0.05) is 42.0 Å². The summed E-state index contributed by atoms with van der Waals surface area (Å²) in [6.07, 6.45) is 4.53. The predicted octanol–water partition coefficient (Wildman–Crippen LogP) is 3.75. The second kappa shape index (κ2) is 9.38. The average Bonchev–Trinajstić information content (AvgIpc) is 2.93. The molecule has 1 fully saturated rings. The topological polar surface area (TPSA) is 32.8 Å². The maximum Gasteiger partial charge on any atom is 0.246 e. The molecule has 1 aliphatic rings. The standard InChI is InChI=1S/C23H28N2O2/c1-19-9-11-22(27-2)21(17-19)10-12-23(26)25-14-6-13-24(15-16-25)18-20-7-4-3-5-8-20/h3-5,7-12,17H,6,13-16,18H2,1-2H3/b12-10+. The van der Waals surface area contributed by atoms with Crippen LogP contribution in [0.4, 0.5) is 0 Å². The number of carbonyl (C=O) groups excluding carboxylic acids is 1. The zero-order chi connectivity index (χ0) is 19.1. The van der Waals surface area contributed by atoms with Crippen molar-refractivity contribution in [1.29, 1.82) is 0 Å². The highest BCUT2D eigenvalue weighted by atomic mass is 16.5. The Morgan fingerprint density at radius 3 is 2.67 bits per heavy atom. The van der Waals surface area contributed by atoms with Crippen LogP contribution >= 0.6 is 0 Å². The van der Waals surface area contributed by atoms with Crippen molar-refractivity contribution in [2.45, 2.75) is 19.9 Å². The fraction of sp³-hybridized carbons (Fsp3) is 0.348. The molecule has 1 saturated heterocycles. The Labute approximate surface area is 162 Å². The monoisotopic (exact) mass is 364 g/mol. The van der Waals surface area contributed by atoms with Crippen LogP contribution in [0.1, 0.15) is 23.1 Å². The number of hydrogen-bond acceptors (Lipinski definition) is 3. The first-order valence-corrected chi connectivity index (χ1v) is 9.53. The number of hydrogen-bond donors (Lipinski definition) is 0. The Kier molecular flexibility index (Phi) is 6.66. The lowest BCUT2D eigenvalue weighted by atomic mass is 10.1. The van der Waals surface area contributed by atoms with E-state index in [1.165, 1.54) is 5.56 Å². The van der Waals surface area contributed by atoms with E-state index in [1.807, 2.05) is 42.2 Å². The number of ether oxygens (including phenoxy) is 1. The summed E-state index contributed by atoms with van der Waals surface area (Å²) in [4.78, 5) is 17.0. The molecule has 1 heterocycles. The molecule has 4 nitrogen and oxygen atoms in total. The summed E-state index contributed by atoms with van der Waals surface area (Å²) in [6, 6.07) is 16.5. The number of amides is 1. The van der Waals surface area contributed by atoms with Gasteiger partial charge in [-0.15, -0.1) is 0 Å². The third kappa shape index (κ3) is 5.44. The van der Waals surface area contributed by atoms with Crippen molar-refractivity contribution in [3.8, 4) is 5.75 Å². The van der Waals surface area contributed by atoms with Crippen LogP contribution in [0.3, 0.4) is 0 Å². The highest BCUT2D eigenvalue weighted by Crippen LogP contribution is 2.21. The maximum atomic E-state index is 12.7. The Balaban J connectivity index is 1.59. The van der Waals surface area contributed by atoms with Crippen molar-refractivity contribution >= 4 is 12.0 Å². The second-order valence-corrected chi connectivity index (χ2v) is 7.02. The summed E-state index contributed by atoms with van der Waals surface area (Å²) in [7, 11) is 1.65. The second-order valence-electron chi connectivity index (χ2n) is 7.02. The van der Waals surface area contributed by atoms with Gasteiger partial charge in [-0.3, -0.25) is 9.69 Å². The number of nitrogens with zero attached hydrogens (tertiary/aromatic N) is 2. The van der Waals surface area contributed by atoms with E-state index in [9.17, 15) is 4.79 Å². The van der Waals surface area contributed by atoms with Gasteiger partial charge in [0.1, 0.15) is 5.75 Å². The van der Waals surface area contributed by atoms with E-state index < -0.39 is 0 Å². The van der Waals surface area contributed by atoms with E-state index >= 15 is 0 Å². The molecule has 27 heavy (non-hydrogen) atoms. The van der Waals surface area contributed by atoms with Gasteiger partial charge in [0.25, 0.3) is 0 Å². The van der Waals surface area contributed by atoms with Crippen molar-refractivity contribution in [1.82, 2.24) is 9.80 Å². The summed E-state index contributed by atoms with van der Waals surface area (Å²) in [5.74, 6) is 0.856. The van der Waals surface area contributed by atoms with Crippen LogP contribution in [0, 0.1) is 6.92 Å². The smallest absolute Gasteiger partial charge is 0.246 e. The molecule has 2 aromatic carbocycles. The lowest BCUT2D eigenvalue weighted by Gasteiger charge is -2.21. The van der Waals surface area contributed by atoms with E-state index in [4.69, 9.17) is 4.74 Å². The van der Waals surface area contributed by atoms with Crippen molar-refractivity contribution < 1.29 is 9.53 Å². The lowest BCUT2D eigenvalue weighted by molar-refractivity contribution is -0.125. The van der Waals surface area contributed by atoms with Gasteiger partial charge in [0, 0.05) is 44.4 Å². The van der Waals surface area contributed by atoms with Crippen molar-refractivity contribution in [3.63, 3.8) is 0 Å². The minimum atomic E-state index is 0.0696. The van der Waals surface area contributed by atoms with E-state index in [0.29, 0.717) is 0 Å². The van der Waals surface area contributed by atoms with Crippen LogP contribution in [-0.2, 0) is 11.3 Å². The molecule has 0 spiro atoms. The molecule has 0 radical (unpaired) electrons. The van der Waals surface area contributed by atoms with Crippen LogP contribution in [0.15, 0.2) is 54.6 Å². The quantitative estimate of drug-likeness (QED) is 0.758. The molecule has 2 aromatic rings. The van der Waals surface area contributed by atoms with E-state index in [0.717, 1.165) is 56.0 Å². The fourth-order valence-electron chi connectivity index (χ4n) is 3.44. The summed E-state index contributed by atoms with van der Waals surface area (Å²) in [5, 5.41) is 0. The lowest BCUT2D eigenvalue weighted by Crippen LogP contribution is -2.34. The molecular weight excluding hydrogens is 336 g/mol. The summed E-state index contributed by atoms with van der Waals surface area (Å²) >= 11 is 0. The predicted molar refractivity (Wildman–Crippen MR) is 110 cm³/mol. The van der Waals surface area contributed by atoms with E-state index in [2.05, 4.69) is 29.2 Å². The van der Waals surface area contributed by atoms with Gasteiger partial charge in [-0.25, -0.2) is 0 Å². The van der Waals surface area contributed by atoms with Gasteiger partial charge < -0.3 is 9.64 Å². The molecule has 1 amide bonds. The van der Waals surface area contributed by atoms with Crippen LogP contribution in [-0.4, -0.2) is 49.0 Å². The molecule has 0 unspecified atom stereocenters. The van der Waals surface area contributed by atoms with Gasteiger partial charge in [0.05, 0.1) is 7.11 Å². The molecule has 0 aromatic heterocycles. The van der Waals surface area contributed by atoms with Crippen LogP contribution in [0.25, 0.3) is 6.08 Å². The SMILES string of the molecule is COc1ccc(C)cc1/C=C/C(=O)N1CCCN(Cc2ccccc2)CC1. The zero-order valence-corrected chi connectivity index (χ0v) is 16.2. The highest BCUT2D eigenvalue weighted by molar-refractivity contribution is 5.92. The molecule has 0 bridgehead atoms. The maximum absolute atomic E-state index is 12.7. The molecule has 0 N–H and O–H groups in total. The third-order valence-corrected chi connectivity index (χ3v) is 4.94. The summed E-state index contributed by atoms with van der Waals surface area (Å²) in [5.41, 5.74) is 3.41. The van der Waals surface area contributed by atoms with Gasteiger partial charge in [-0.05, 0) is 37.1 Å². The number of methoxy groups -OCH3 is 1. The minimum absolute atomic E-state index is 0.0696. The molecule has 0 aliphatic carbocycles. The zero-order valence-electron chi connectivity index (χ0n) is 16.2. The summed E-state index contributed by atoms with van der Waals surface area (Å²) < 4.78 is 5.39. The van der Waals surface area contributed by atoms with Gasteiger partial charge in [0.2, 0.25) is 5.91 Å². The number of carbonyl (C=O) groups is 1. The van der Waals surface area contributed by atoms with E-state index in [-0.39, 0.29) is 5.91 Å². The van der Waals surface area contributed by atoms with Gasteiger partial charge >= 0.3 is 0 Å². The van der Waals surface area contributed by atoms with Crippen LogP contribution in [0.2, 0.25) is 0 Å². The normalized spacial score (nSPS) is 15.7. The molecule has 1 aliphatic heterocycles. The van der Waals surface area contributed by atoms with Crippen LogP contribution in [0.5, 0.6) is 5.75 Å². The van der Waals surface area contributed by atoms with Crippen molar-refractivity contribution in [2.75, 3.05) is 33.3 Å². The molecular formula is C23H28N2O2. The Hall–Kier alpha value is -2.59. The molecule has 142 valence electrons. The molecule has 0 saturated carbocycles.